The van der Waals surface area contributed by atoms with Gasteiger partial charge in [-0.2, -0.15) is 0 Å². The molecule has 1 aliphatic carbocycles. The maximum atomic E-state index is 6.08. The van der Waals surface area contributed by atoms with Crippen LogP contribution < -0.4 is 5.73 Å². The van der Waals surface area contributed by atoms with Crippen LogP contribution in [0.4, 0.5) is 0 Å². The second kappa shape index (κ2) is 4.26. The number of hydrogen-bond donors (Lipinski definition) is 1. The van der Waals surface area contributed by atoms with E-state index in [1.807, 2.05) is 6.07 Å². The number of rotatable bonds is 3. The summed E-state index contributed by atoms with van der Waals surface area (Å²) in [4.78, 5) is 6.75. The Morgan fingerprint density at radius 3 is 2.83 bits per heavy atom. The van der Waals surface area contributed by atoms with Crippen LogP contribution in [0.5, 0.6) is 0 Å². The number of hydrogen-bond acceptors (Lipinski definition) is 3. The molecule has 1 fully saturated rings. The number of aliphatic imine (C=N–C) groups is 1. The molecule has 1 atom stereocenters. The molecule has 0 saturated heterocycles. The highest BCUT2D eigenvalue weighted by atomic mass is 79.9. The molecule has 3 nitrogen and oxygen atoms in total. The van der Waals surface area contributed by atoms with Crippen molar-refractivity contribution in [3.8, 4) is 0 Å². The predicted molar refractivity (Wildman–Crippen MR) is 77.4 cm³/mol. The molecule has 1 heterocycles. The maximum absolute atomic E-state index is 6.08. The highest BCUT2D eigenvalue weighted by Gasteiger charge is 2.42. The molecule has 0 amide bonds. The normalized spacial score (nSPS) is 27.4. The Morgan fingerprint density at radius 2 is 2.17 bits per heavy atom. The molecule has 2 N–H and O–H groups in total. The molecule has 18 heavy (non-hydrogen) atoms. The Hall–Kier alpha value is -1.03. The van der Waals surface area contributed by atoms with Crippen molar-refractivity contribution >= 4 is 21.9 Å². The van der Waals surface area contributed by atoms with Crippen molar-refractivity contribution in [3.05, 3.63) is 34.3 Å². The van der Waals surface area contributed by atoms with E-state index in [0.29, 0.717) is 5.96 Å². The zero-order valence-electron chi connectivity index (χ0n) is 10.6. The molecule has 0 aromatic heterocycles. The number of nitrogens with two attached hydrogens (primary N) is 1. The smallest absolute Gasteiger partial charge is 0.192 e. The van der Waals surface area contributed by atoms with Gasteiger partial charge in [0.15, 0.2) is 5.96 Å². The van der Waals surface area contributed by atoms with Crippen LogP contribution >= 0.6 is 15.9 Å². The lowest BCUT2D eigenvalue weighted by Crippen LogP contribution is -2.48. The van der Waals surface area contributed by atoms with Gasteiger partial charge in [0.25, 0.3) is 0 Å². The van der Waals surface area contributed by atoms with Gasteiger partial charge in [0, 0.05) is 11.0 Å². The quantitative estimate of drug-likeness (QED) is 0.933. The van der Waals surface area contributed by atoms with Crippen LogP contribution in [0.1, 0.15) is 25.3 Å². The summed E-state index contributed by atoms with van der Waals surface area (Å²) in [7, 11) is 0. The lowest BCUT2D eigenvalue weighted by atomic mass is 9.91. The average Bonchev–Trinajstić information content (AvgIpc) is 3.12. The molecule has 1 aromatic carbocycles. The first kappa shape index (κ1) is 12.0. The van der Waals surface area contributed by atoms with Gasteiger partial charge in [-0.3, -0.25) is 4.99 Å². The lowest BCUT2D eigenvalue weighted by molar-refractivity contribution is 0.216. The highest BCUT2D eigenvalue weighted by molar-refractivity contribution is 9.10. The first-order chi connectivity index (χ1) is 8.61. The van der Waals surface area contributed by atoms with Crippen LogP contribution in [-0.2, 0) is 5.54 Å². The summed E-state index contributed by atoms with van der Waals surface area (Å²) in [6.45, 7) is 4.01. The zero-order valence-corrected chi connectivity index (χ0v) is 12.2. The molecule has 0 radical (unpaired) electrons. The second-order valence-corrected chi connectivity index (χ2v) is 6.34. The summed E-state index contributed by atoms with van der Waals surface area (Å²) in [5, 5.41) is 0. The summed E-state index contributed by atoms with van der Waals surface area (Å²) in [6.07, 6.45) is 2.66. The largest absolute Gasteiger partial charge is 0.370 e. The van der Waals surface area contributed by atoms with Gasteiger partial charge in [-0.15, -0.1) is 0 Å². The zero-order chi connectivity index (χ0) is 12.8. The van der Waals surface area contributed by atoms with Crippen molar-refractivity contribution in [1.82, 2.24) is 4.90 Å². The Balaban J connectivity index is 1.95. The van der Waals surface area contributed by atoms with Crippen LogP contribution in [0.2, 0.25) is 0 Å². The fourth-order valence-electron chi connectivity index (χ4n) is 2.64. The third-order valence-electron chi connectivity index (χ3n) is 4.01. The van der Waals surface area contributed by atoms with E-state index in [0.717, 1.165) is 23.5 Å². The minimum atomic E-state index is -0.104. The molecular weight excluding hydrogens is 290 g/mol. The fraction of sp³-hybridized carbons (Fsp3) is 0.500. The van der Waals surface area contributed by atoms with E-state index in [2.05, 4.69) is 50.9 Å². The number of benzene rings is 1. The Labute approximate surface area is 116 Å². The van der Waals surface area contributed by atoms with Gasteiger partial charge in [-0.05, 0) is 37.3 Å². The topological polar surface area (TPSA) is 41.6 Å². The van der Waals surface area contributed by atoms with E-state index in [1.165, 1.54) is 18.4 Å². The first-order valence-electron chi connectivity index (χ1n) is 6.44. The number of guanidine groups is 1. The highest BCUT2D eigenvalue weighted by Crippen LogP contribution is 2.40. The van der Waals surface area contributed by atoms with Crippen LogP contribution in [0.25, 0.3) is 0 Å². The van der Waals surface area contributed by atoms with Crippen LogP contribution in [0.15, 0.2) is 33.7 Å². The van der Waals surface area contributed by atoms with Gasteiger partial charge in [-0.1, -0.05) is 34.1 Å². The summed E-state index contributed by atoms with van der Waals surface area (Å²) >= 11 is 3.65. The summed E-state index contributed by atoms with van der Waals surface area (Å²) in [6, 6.07) is 8.37. The molecular formula is C14H18BrN3. The molecule has 3 rings (SSSR count). The van der Waals surface area contributed by atoms with Crippen LogP contribution in [0.3, 0.4) is 0 Å². The molecule has 1 unspecified atom stereocenters. The van der Waals surface area contributed by atoms with Crippen molar-refractivity contribution in [2.75, 3.05) is 13.1 Å². The Bertz CT molecular complexity index is 496. The monoisotopic (exact) mass is 307 g/mol. The Morgan fingerprint density at radius 1 is 1.44 bits per heavy atom. The fourth-order valence-corrected chi connectivity index (χ4v) is 3.35. The van der Waals surface area contributed by atoms with E-state index < -0.39 is 0 Å². The Kier molecular flexibility index (Phi) is 2.85. The summed E-state index contributed by atoms with van der Waals surface area (Å²) < 4.78 is 1.14. The van der Waals surface area contributed by atoms with E-state index in [-0.39, 0.29) is 5.54 Å². The van der Waals surface area contributed by atoms with Gasteiger partial charge in [0.1, 0.15) is 0 Å². The molecule has 0 spiro atoms. The van der Waals surface area contributed by atoms with Crippen LogP contribution in [0, 0.1) is 5.92 Å². The standard InChI is InChI=1S/C14H18BrN3/c1-14(11-4-2-3-5-12(11)15)9-17-13(16)18(14)8-10-6-7-10/h2-5,10H,6-9H2,1H3,(H2,16,17). The first-order valence-corrected chi connectivity index (χ1v) is 7.23. The average molecular weight is 308 g/mol. The van der Waals surface area contributed by atoms with Gasteiger partial charge >= 0.3 is 0 Å². The molecule has 0 bridgehead atoms. The van der Waals surface area contributed by atoms with E-state index >= 15 is 0 Å². The van der Waals surface area contributed by atoms with E-state index in [4.69, 9.17) is 5.73 Å². The minimum Gasteiger partial charge on any atom is -0.370 e. The lowest BCUT2D eigenvalue weighted by Gasteiger charge is -2.37. The SMILES string of the molecule is CC1(c2ccccc2Br)CN=C(N)N1CC1CC1. The van der Waals surface area contributed by atoms with Crippen molar-refractivity contribution in [3.63, 3.8) is 0 Å². The predicted octanol–water partition coefficient (Wildman–Crippen LogP) is 2.70. The van der Waals surface area contributed by atoms with Crippen molar-refractivity contribution < 1.29 is 0 Å². The molecule has 1 saturated carbocycles. The molecule has 1 aromatic rings. The van der Waals surface area contributed by atoms with Crippen molar-refractivity contribution in [2.45, 2.75) is 25.3 Å². The van der Waals surface area contributed by atoms with Gasteiger partial charge in [0.2, 0.25) is 0 Å². The molecule has 96 valence electrons. The van der Waals surface area contributed by atoms with Crippen molar-refractivity contribution in [1.29, 1.82) is 0 Å². The molecule has 2 aliphatic rings. The summed E-state index contributed by atoms with van der Waals surface area (Å²) in [5.74, 6) is 1.50. The molecule has 1 aliphatic heterocycles. The summed E-state index contributed by atoms with van der Waals surface area (Å²) in [5.41, 5.74) is 7.25. The second-order valence-electron chi connectivity index (χ2n) is 5.48. The van der Waals surface area contributed by atoms with Crippen LogP contribution in [-0.4, -0.2) is 23.9 Å². The molecule has 4 heteroatoms. The van der Waals surface area contributed by atoms with Crippen molar-refractivity contribution in [2.24, 2.45) is 16.6 Å². The minimum absolute atomic E-state index is 0.104. The van der Waals surface area contributed by atoms with Gasteiger partial charge in [0.05, 0.1) is 12.1 Å². The number of nitrogens with zero attached hydrogens (tertiary/aromatic N) is 2. The third-order valence-corrected chi connectivity index (χ3v) is 4.70. The van der Waals surface area contributed by atoms with E-state index in [1.54, 1.807) is 0 Å². The van der Waals surface area contributed by atoms with Gasteiger partial charge < -0.3 is 10.6 Å². The maximum Gasteiger partial charge on any atom is 0.192 e. The number of halogens is 1. The third kappa shape index (κ3) is 1.92. The van der Waals surface area contributed by atoms with E-state index in [9.17, 15) is 0 Å². The van der Waals surface area contributed by atoms with Gasteiger partial charge in [-0.25, -0.2) is 0 Å².